The first kappa shape index (κ1) is 18.0. The van der Waals surface area contributed by atoms with Crippen molar-refractivity contribution in [2.24, 2.45) is 0 Å². The topological polar surface area (TPSA) is 107 Å². The van der Waals surface area contributed by atoms with Crippen molar-refractivity contribution in [3.63, 3.8) is 0 Å². The van der Waals surface area contributed by atoms with E-state index < -0.39 is 17.8 Å². The van der Waals surface area contributed by atoms with Gasteiger partial charge in [0, 0.05) is 12.1 Å². The van der Waals surface area contributed by atoms with Crippen molar-refractivity contribution in [2.75, 3.05) is 13.1 Å². The Morgan fingerprint density at radius 3 is 2.71 bits per heavy atom. The molecule has 9 heteroatoms. The summed E-state index contributed by atoms with van der Waals surface area (Å²) in [7, 11) is 0. The lowest BCUT2D eigenvalue weighted by Gasteiger charge is -2.13. The van der Waals surface area contributed by atoms with E-state index in [1.165, 1.54) is 12.1 Å². The minimum atomic E-state index is -1.02. The fourth-order valence-electron chi connectivity index (χ4n) is 1.90. The molecule has 0 saturated carbocycles. The Hall–Kier alpha value is -2.39. The summed E-state index contributed by atoms with van der Waals surface area (Å²) in [6.45, 7) is -0.293. The van der Waals surface area contributed by atoms with Gasteiger partial charge in [0.1, 0.15) is 16.6 Å². The van der Waals surface area contributed by atoms with Crippen molar-refractivity contribution in [1.29, 1.82) is 0 Å². The molecule has 7 nitrogen and oxygen atoms in total. The quantitative estimate of drug-likeness (QED) is 0.513. The summed E-state index contributed by atoms with van der Waals surface area (Å²) in [4.78, 5) is 36.0. The number of thiocarbonyl (C=S) groups is 1. The zero-order valence-electron chi connectivity index (χ0n) is 12.4. The minimum Gasteiger partial charge on any atom is -0.507 e. The third-order valence-corrected chi connectivity index (χ3v) is 4.44. The maximum Gasteiger partial charge on any atom is 0.305 e. The highest BCUT2D eigenvalue weighted by molar-refractivity contribution is 8.26. The van der Waals surface area contributed by atoms with Gasteiger partial charge in [0.05, 0.1) is 11.3 Å². The number of para-hydroxylation sites is 1. The highest BCUT2D eigenvalue weighted by Gasteiger charge is 2.33. The lowest BCUT2D eigenvalue weighted by atomic mass is 10.2. The lowest BCUT2D eigenvalue weighted by Crippen LogP contribution is -2.40. The Labute approximate surface area is 147 Å². The van der Waals surface area contributed by atoms with Crippen molar-refractivity contribution in [3.05, 3.63) is 34.7 Å². The molecule has 0 aromatic heterocycles. The molecule has 0 spiro atoms. The number of phenols is 1. The van der Waals surface area contributed by atoms with Crippen LogP contribution in [0.4, 0.5) is 0 Å². The summed E-state index contributed by atoms with van der Waals surface area (Å²) >= 11 is 6.15. The second-order valence-electron chi connectivity index (χ2n) is 4.82. The molecule has 0 atom stereocenters. The number of aromatic hydroxyl groups is 1. The molecular formula is C15H14N2O5S2. The molecular weight excluding hydrogens is 352 g/mol. The van der Waals surface area contributed by atoms with Crippen LogP contribution in [0.5, 0.6) is 5.75 Å². The first-order chi connectivity index (χ1) is 11.4. The van der Waals surface area contributed by atoms with Crippen LogP contribution in [0.3, 0.4) is 0 Å². The number of nitrogens with one attached hydrogen (secondary N) is 1. The van der Waals surface area contributed by atoms with Crippen molar-refractivity contribution in [1.82, 2.24) is 10.2 Å². The molecule has 0 unspecified atom stereocenters. The zero-order chi connectivity index (χ0) is 17.7. The molecule has 1 fully saturated rings. The Morgan fingerprint density at radius 2 is 2.04 bits per heavy atom. The van der Waals surface area contributed by atoms with Gasteiger partial charge in [-0.3, -0.25) is 19.3 Å². The zero-order valence-corrected chi connectivity index (χ0v) is 14.0. The molecule has 0 radical (unpaired) electrons. The first-order valence-corrected chi connectivity index (χ1v) is 8.13. The highest BCUT2D eigenvalue weighted by atomic mass is 32.2. The monoisotopic (exact) mass is 366 g/mol. The third-order valence-electron chi connectivity index (χ3n) is 3.06. The largest absolute Gasteiger partial charge is 0.507 e. The number of thioether (sulfide) groups is 1. The van der Waals surface area contributed by atoms with Crippen molar-refractivity contribution in [2.45, 2.75) is 6.42 Å². The number of carbonyl (C=O) groups excluding carboxylic acids is 2. The Balaban J connectivity index is 2.02. The molecule has 24 heavy (non-hydrogen) atoms. The highest BCUT2D eigenvalue weighted by Crippen LogP contribution is 2.33. The van der Waals surface area contributed by atoms with Gasteiger partial charge >= 0.3 is 5.97 Å². The number of hydrogen-bond donors (Lipinski definition) is 3. The normalized spacial score (nSPS) is 15.8. The molecule has 1 aliphatic heterocycles. The molecule has 0 aliphatic carbocycles. The molecule has 2 rings (SSSR count). The fraction of sp³-hybridized carbons (Fsp3) is 0.200. The number of carboxylic acid groups (broad SMARTS) is 1. The van der Waals surface area contributed by atoms with E-state index in [4.69, 9.17) is 17.3 Å². The van der Waals surface area contributed by atoms with Crippen LogP contribution in [0.15, 0.2) is 29.2 Å². The predicted molar refractivity (Wildman–Crippen MR) is 93.2 cm³/mol. The van der Waals surface area contributed by atoms with Gasteiger partial charge in [-0.15, -0.1) is 0 Å². The van der Waals surface area contributed by atoms with Gasteiger partial charge in [-0.25, -0.2) is 0 Å². The number of amides is 2. The van der Waals surface area contributed by atoms with Crippen molar-refractivity contribution >= 4 is 52.2 Å². The van der Waals surface area contributed by atoms with Crippen LogP contribution in [0, 0.1) is 0 Å². The van der Waals surface area contributed by atoms with E-state index in [-0.39, 0.29) is 29.6 Å². The van der Waals surface area contributed by atoms with Gasteiger partial charge in [0.2, 0.25) is 5.91 Å². The van der Waals surface area contributed by atoms with Gasteiger partial charge < -0.3 is 15.5 Å². The van der Waals surface area contributed by atoms with E-state index in [1.54, 1.807) is 18.2 Å². The van der Waals surface area contributed by atoms with E-state index in [1.807, 2.05) is 0 Å². The molecule has 1 heterocycles. The summed E-state index contributed by atoms with van der Waals surface area (Å²) in [6, 6.07) is 6.55. The summed E-state index contributed by atoms with van der Waals surface area (Å²) in [5.74, 6) is -1.90. The SMILES string of the molecule is O=C(O)CCNC(=O)CN1C(=O)/C(=C/c2ccccc2O)SC1=S. The summed E-state index contributed by atoms with van der Waals surface area (Å²) in [5.41, 5.74) is 0.476. The van der Waals surface area contributed by atoms with Crippen LogP contribution >= 0.6 is 24.0 Å². The minimum absolute atomic E-state index is 0.0172. The molecule has 1 saturated heterocycles. The first-order valence-electron chi connectivity index (χ1n) is 6.90. The van der Waals surface area contributed by atoms with E-state index in [0.29, 0.717) is 10.5 Å². The summed E-state index contributed by atoms with van der Waals surface area (Å²) in [5, 5.41) is 20.7. The molecule has 1 aliphatic rings. The summed E-state index contributed by atoms with van der Waals surface area (Å²) < 4.78 is 0.232. The Bertz CT molecular complexity index is 732. The molecule has 2 amide bonds. The number of phenolic OH excluding ortho intramolecular Hbond substituents is 1. The number of rotatable bonds is 6. The number of benzene rings is 1. The van der Waals surface area contributed by atoms with E-state index in [2.05, 4.69) is 5.32 Å². The Morgan fingerprint density at radius 1 is 1.33 bits per heavy atom. The van der Waals surface area contributed by atoms with Crippen LogP contribution in [-0.4, -0.2) is 50.3 Å². The predicted octanol–water partition coefficient (Wildman–Crippen LogP) is 1.18. The molecule has 126 valence electrons. The smallest absolute Gasteiger partial charge is 0.305 e. The lowest BCUT2D eigenvalue weighted by molar-refractivity contribution is -0.137. The van der Waals surface area contributed by atoms with Gasteiger partial charge in [0.15, 0.2) is 0 Å². The van der Waals surface area contributed by atoms with Crippen molar-refractivity contribution < 1.29 is 24.6 Å². The van der Waals surface area contributed by atoms with E-state index >= 15 is 0 Å². The standard InChI is InChI=1S/C15H14N2O5S2/c18-10-4-2-1-3-9(10)7-11-14(22)17(15(23)24-11)8-12(19)16-6-5-13(20)21/h1-4,7,18H,5-6,8H2,(H,16,19)(H,20,21)/b11-7-. The van der Waals surface area contributed by atoms with Crippen LogP contribution in [-0.2, 0) is 14.4 Å². The van der Waals surface area contributed by atoms with Gasteiger partial charge in [-0.1, -0.05) is 42.2 Å². The molecule has 3 N–H and O–H groups in total. The Kier molecular flexibility index (Phi) is 5.93. The van der Waals surface area contributed by atoms with E-state index in [9.17, 15) is 19.5 Å². The van der Waals surface area contributed by atoms with Crippen LogP contribution in [0.25, 0.3) is 6.08 Å². The number of carboxylic acids is 1. The molecule has 1 aromatic carbocycles. The van der Waals surface area contributed by atoms with Crippen LogP contribution in [0.2, 0.25) is 0 Å². The van der Waals surface area contributed by atoms with Gasteiger partial charge in [-0.2, -0.15) is 0 Å². The number of aliphatic carboxylic acids is 1. The second kappa shape index (κ2) is 7.93. The van der Waals surface area contributed by atoms with Gasteiger partial charge in [-0.05, 0) is 12.1 Å². The average Bonchev–Trinajstić information content (AvgIpc) is 2.77. The second-order valence-corrected chi connectivity index (χ2v) is 6.50. The number of nitrogens with zero attached hydrogens (tertiary/aromatic N) is 1. The number of carbonyl (C=O) groups is 3. The maximum absolute atomic E-state index is 12.3. The third kappa shape index (κ3) is 4.56. The maximum atomic E-state index is 12.3. The average molecular weight is 366 g/mol. The van der Waals surface area contributed by atoms with Crippen LogP contribution < -0.4 is 5.32 Å². The van der Waals surface area contributed by atoms with Crippen molar-refractivity contribution in [3.8, 4) is 5.75 Å². The molecule has 0 bridgehead atoms. The van der Waals surface area contributed by atoms with Gasteiger partial charge in [0.25, 0.3) is 5.91 Å². The fourth-order valence-corrected chi connectivity index (χ4v) is 3.14. The molecule has 1 aromatic rings. The van der Waals surface area contributed by atoms with E-state index in [0.717, 1.165) is 16.7 Å². The number of hydrogen-bond acceptors (Lipinski definition) is 6. The summed E-state index contributed by atoms with van der Waals surface area (Å²) in [6.07, 6.45) is 1.31. The van der Waals surface area contributed by atoms with Crippen LogP contribution in [0.1, 0.15) is 12.0 Å².